The molecule has 0 aliphatic carbocycles. The lowest BCUT2D eigenvalue weighted by Crippen LogP contribution is -2.32. The molecule has 0 bridgehead atoms. The van der Waals surface area contributed by atoms with E-state index in [1.54, 1.807) is 0 Å². The van der Waals surface area contributed by atoms with Gasteiger partial charge in [-0.3, -0.25) is 0 Å². The Hall–Kier alpha value is -0.820. The van der Waals surface area contributed by atoms with Crippen LogP contribution in [0, 0.1) is 12.8 Å². The molecule has 0 amide bonds. The minimum absolute atomic E-state index is 0.631. The molecule has 1 N–H and O–H groups in total. The maximum absolute atomic E-state index is 3.60. The van der Waals surface area contributed by atoms with E-state index in [-0.39, 0.29) is 0 Å². The van der Waals surface area contributed by atoms with Crippen molar-refractivity contribution in [2.45, 2.75) is 46.7 Å². The molecule has 1 atom stereocenters. The van der Waals surface area contributed by atoms with Gasteiger partial charge in [-0.15, -0.1) is 0 Å². The summed E-state index contributed by atoms with van der Waals surface area (Å²) in [6.45, 7) is 9.90. The summed E-state index contributed by atoms with van der Waals surface area (Å²) in [5.74, 6) is 0.709. The van der Waals surface area contributed by atoms with Gasteiger partial charge < -0.3 is 5.32 Å². The molecule has 0 aromatic heterocycles. The molecular formula is C14H23N. The molecule has 1 heteroatoms. The van der Waals surface area contributed by atoms with Crippen molar-refractivity contribution in [2.75, 3.05) is 0 Å². The van der Waals surface area contributed by atoms with Crippen molar-refractivity contribution in [3.8, 4) is 0 Å². The molecule has 1 nitrogen and oxygen atoms in total. The van der Waals surface area contributed by atoms with Crippen molar-refractivity contribution >= 4 is 0 Å². The number of hydrogen-bond acceptors (Lipinski definition) is 1. The van der Waals surface area contributed by atoms with E-state index in [4.69, 9.17) is 0 Å². The second-order valence-corrected chi connectivity index (χ2v) is 4.63. The first-order valence-corrected chi connectivity index (χ1v) is 5.92. The molecule has 0 aliphatic rings. The van der Waals surface area contributed by atoms with E-state index in [0.29, 0.717) is 12.0 Å². The fourth-order valence-corrected chi connectivity index (χ4v) is 1.81. The topological polar surface area (TPSA) is 12.0 Å². The standard InChI is InChI=1S/C14H23N/c1-5-14(11(2)3)15-10-13-8-6-12(4)7-9-13/h6-9,11,14-15H,5,10H2,1-4H3. The van der Waals surface area contributed by atoms with Crippen LogP contribution in [-0.4, -0.2) is 6.04 Å². The first-order valence-electron chi connectivity index (χ1n) is 5.92. The first-order chi connectivity index (χ1) is 7.13. The van der Waals surface area contributed by atoms with Gasteiger partial charge in [0.25, 0.3) is 0 Å². The Bertz CT molecular complexity index is 274. The van der Waals surface area contributed by atoms with Crippen LogP contribution in [0.2, 0.25) is 0 Å². The molecule has 84 valence electrons. The highest BCUT2D eigenvalue weighted by atomic mass is 14.9. The molecule has 1 aromatic carbocycles. The fraction of sp³-hybridized carbons (Fsp3) is 0.571. The van der Waals surface area contributed by atoms with Gasteiger partial charge in [0.15, 0.2) is 0 Å². The van der Waals surface area contributed by atoms with Crippen molar-refractivity contribution in [1.82, 2.24) is 5.32 Å². The Morgan fingerprint density at radius 3 is 2.20 bits per heavy atom. The molecule has 0 heterocycles. The van der Waals surface area contributed by atoms with Crippen LogP contribution >= 0.6 is 0 Å². The third-order valence-corrected chi connectivity index (χ3v) is 2.93. The highest BCUT2D eigenvalue weighted by Crippen LogP contribution is 2.08. The van der Waals surface area contributed by atoms with Gasteiger partial charge in [-0.25, -0.2) is 0 Å². The molecule has 0 aliphatic heterocycles. The van der Waals surface area contributed by atoms with E-state index in [1.807, 2.05) is 0 Å². The average Bonchev–Trinajstić information content (AvgIpc) is 2.21. The molecule has 0 saturated carbocycles. The van der Waals surface area contributed by atoms with Crippen LogP contribution < -0.4 is 5.32 Å². The lowest BCUT2D eigenvalue weighted by Gasteiger charge is -2.20. The summed E-state index contributed by atoms with van der Waals surface area (Å²) in [7, 11) is 0. The van der Waals surface area contributed by atoms with Crippen molar-refractivity contribution in [3.63, 3.8) is 0 Å². The maximum Gasteiger partial charge on any atom is 0.0208 e. The predicted octanol–water partition coefficient (Wildman–Crippen LogP) is 3.52. The minimum atomic E-state index is 0.631. The van der Waals surface area contributed by atoms with Gasteiger partial charge in [-0.1, -0.05) is 50.6 Å². The van der Waals surface area contributed by atoms with Crippen LogP contribution in [-0.2, 0) is 6.54 Å². The van der Waals surface area contributed by atoms with E-state index in [9.17, 15) is 0 Å². The first kappa shape index (κ1) is 12.3. The van der Waals surface area contributed by atoms with Gasteiger partial charge in [0, 0.05) is 12.6 Å². The molecule has 1 unspecified atom stereocenters. The third kappa shape index (κ3) is 4.05. The van der Waals surface area contributed by atoms with Gasteiger partial charge in [0.1, 0.15) is 0 Å². The normalized spacial score (nSPS) is 13.1. The number of benzene rings is 1. The van der Waals surface area contributed by atoms with Gasteiger partial charge in [-0.05, 0) is 24.8 Å². The van der Waals surface area contributed by atoms with E-state index < -0.39 is 0 Å². The van der Waals surface area contributed by atoms with E-state index in [1.165, 1.54) is 17.5 Å². The Balaban J connectivity index is 2.45. The lowest BCUT2D eigenvalue weighted by molar-refractivity contribution is 0.387. The zero-order valence-electron chi connectivity index (χ0n) is 10.4. The van der Waals surface area contributed by atoms with Gasteiger partial charge >= 0.3 is 0 Å². The Morgan fingerprint density at radius 1 is 1.13 bits per heavy atom. The van der Waals surface area contributed by atoms with E-state index in [0.717, 1.165) is 6.54 Å². The van der Waals surface area contributed by atoms with Gasteiger partial charge in [-0.2, -0.15) is 0 Å². The SMILES string of the molecule is CCC(NCc1ccc(C)cc1)C(C)C. The second-order valence-electron chi connectivity index (χ2n) is 4.63. The van der Waals surface area contributed by atoms with Crippen molar-refractivity contribution in [1.29, 1.82) is 0 Å². The molecular weight excluding hydrogens is 182 g/mol. The average molecular weight is 205 g/mol. The van der Waals surface area contributed by atoms with Crippen molar-refractivity contribution in [3.05, 3.63) is 35.4 Å². The molecule has 0 spiro atoms. The van der Waals surface area contributed by atoms with Crippen LogP contribution in [0.4, 0.5) is 0 Å². The van der Waals surface area contributed by atoms with Gasteiger partial charge in [0.2, 0.25) is 0 Å². The summed E-state index contributed by atoms with van der Waals surface area (Å²) < 4.78 is 0. The van der Waals surface area contributed by atoms with Crippen LogP contribution in [0.1, 0.15) is 38.3 Å². The summed E-state index contributed by atoms with van der Waals surface area (Å²) in [6, 6.07) is 9.39. The molecule has 1 rings (SSSR count). The smallest absolute Gasteiger partial charge is 0.0208 e. The largest absolute Gasteiger partial charge is 0.310 e. The summed E-state index contributed by atoms with van der Waals surface area (Å²) in [5, 5.41) is 3.60. The summed E-state index contributed by atoms with van der Waals surface area (Å²) in [4.78, 5) is 0. The molecule has 0 saturated heterocycles. The summed E-state index contributed by atoms with van der Waals surface area (Å²) >= 11 is 0. The minimum Gasteiger partial charge on any atom is -0.310 e. The van der Waals surface area contributed by atoms with E-state index in [2.05, 4.69) is 57.3 Å². The highest BCUT2D eigenvalue weighted by Gasteiger charge is 2.09. The van der Waals surface area contributed by atoms with Crippen LogP contribution in [0.5, 0.6) is 0 Å². The molecule has 1 aromatic rings. The number of nitrogens with one attached hydrogen (secondary N) is 1. The Morgan fingerprint density at radius 2 is 1.73 bits per heavy atom. The number of hydrogen-bond donors (Lipinski definition) is 1. The monoisotopic (exact) mass is 205 g/mol. The molecule has 0 fully saturated rings. The van der Waals surface area contributed by atoms with Crippen LogP contribution in [0.25, 0.3) is 0 Å². The predicted molar refractivity (Wildman–Crippen MR) is 66.9 cm³/mol. The van der Waals surface area contributed by atoms with Crippen molar-refractivity contribution < 1.29 is 0 Å². The maximum atomic E-state index is 3.60. The Labute approximate surface area is 93.9 Å². The quantitative estimate of drug-likeness (QED) is 0.775. The Kier molecular flexibility index (Phi) is 4.83. The summed E-state index contributed by atoms with van der Waals surface area (Å²) in [5.41, 5.74) is 2.70. The molecule has 0 radical (unpaired) electrons. The third-order valence-electron chi connectivity index (χ3n) is 2.93. The lowest BCUT2D eigenvalue weighted by atomic mass is 10.0. The van der Waals surface area contributed by atoms with E-state index >= 15 is 0 Å². The number of rotatable bonds is 5. The second kappa shape index (κ2) is 5.92. The zero-order chi connectivity index (χ0) is 11.3. The van der Waals surface area contributed by atoms with Gasteiger partial charge in [0.05, 0.1) is 0 Å². The van der Waals surface area contributed by atoms with Crippen LogP contribution in [0.3, 0.4) is 0 Å². The molecule has 15 heavy (non-hydrogen) atoms. The zero-order valence-corrected chi connectivity index (χ0v) is 10.4. The fourth-order valence-electron chi connectivity index (χ4n) is 1.81. The summed E-state index contributed by atoms with van der Waals surface area (Å²) in [6.07, 6.45) is 1.20. The van der Waals surface area contributed by atoms with Crippen molar-refractivity contribution in [2.24, 2.45) is 5.92 Å². The van der Waals surface area contributed by atoms with Crippen LogP contribution in [0.15, 0.2) is 24.3 Å². The highest BCUT2D eigenvalue weighted by molar-refractivity contribution is 5.21. The number of aryl methyl sites for hydroxylation is 1.